The number of aliphatic carboxylic acids is 1. The maximum Gasteiger partial charge on any atom is 0.372 e. The van der Waals surface area contributed by atoms with Crippen LogP contribution in [0.25, 0.3) is 5.65 Å². The summed E-state index contributed by atoms with van der Waals surface area (Å²) in [7, 11) is 0. The average molecular weight is 205 g/mol. The van der Waals surface area contributed by atoms with Crippen LogP contribution in [0.4, 0.5) is 0 Å². The molecule has 0 aliphatic carbocycles. The topological polar surface area (TPSA) is 84.6 Å². The molecule has 0 aromatic carbocycles. The minimum absolute atomic E-state index is 0.169. The molecule has 6 nitrogen and oxygen atoms in total. The number of aromatic nitrogens is 3. The van der Waals surface area contributed by atoms with E-state index >= 15 is 0 Å². The molecule has 0 aliphatic heterocycles. The van der Waals surface area contributed by atoms with E-state index in [2.05, 4.69) is 10.1 Å². The molecule has 0 fully saturated rings. The van der Waals surface area contributed by atoms with Crippen molar-refractivity contribution in [2.24, 2.45) is 0 Å². The van der Waals surface area contributed by atoms with E-state index in [1.807, 2.05) is 0 Å². The fourth-order valence-electron chi connectivity index (χ4n) is 1.20. The van der Waals surface area contributed by atoms with Crippen LogP contribution in [0.15, 0.2) is 24.7 Å². The van der Waals surface area contributed by atoms with Gasteiger partial charge in [0.1, 0.15) is 0 Å². The molecule has 2 aromatic heterocycles. The van der Waals surface area contributed by atoms with Crippen LogP contribution >= 0.6 is 0 Å². The van der Waals surface area contributed by atoms with Crippen molar-refractivity contribution in [1.29, 1.82) is 0 Å². The van der Waals surface area contributed by atoms with E-state index in [0.29, 0.717) is 11.2 Å². The maximum atomic E-state index is 10.9. The van der Waals surface area contributed by atoms with Gasteiger partial charge in [0, 0.05) is 24.9 Å². The van der Waals surface area contributed by atoms with Gasteiger partial charge < -0.3 is 5.11 Å². The number of carbonyl (C=O) groups is 2. The van der Waals surface area contributed by atoms with Crippen molar-refractivity contribution in [3.63, 3.8) is 0 Å². The lowest BCUT2D eigenvalue weighted by Crippen LogP contribution is -2.15. The molecule has 2 aromatic rings. The van der Waals surface area contributed by atoms with Crippen LogP contribution in [-0.2, 0) is 16.0 Å². The molecule has 0 aliphatic rings. The Kier molecular flexibility index (Phi) is 2.17. The lowest BCUT2D eigenvalue weighted by atomic mass is 10.2. The molecule has 0 atom stereocenters. The summed E-state index contributed by atoms with van der Waals surface area (Å²) in [6, 6.07) is 1.71. The van der Waals surface area contributed by atoms with Gasteiger partial charge in [0.25, 0.3) is 0 Å². The van der Waals surface area contributed by atoms with Gasteiger partial charge in [-0.05, 0) is 5.56 Å². The molecule has 2 rings (SSSR count). The molecule has 6 heteroatoms. The number of rotatable bonds is 3. The Bertz CT molecular complexity index is 532. The van der Waals surface area contributed by atoms with E-state index in [9.17, 15) is 9.59 Å². The predicted octanol–water partition coefficient (Wildman–Crippen LogP) is -0.0745. The molecule has 0 amide bonds. The average Bonchev–Trinajstić information content (AvgIpc) is 2.64. The molecule has 1 N–H and O–H groups in total. The lowest BCUT2D eigenvalue weighted by Gasteiger charge is -1.98. The third-order valence-electron chi connectivity index (χ3n) is 1.90. The van der Waals surface area contributed by atoms with Gasteiger partial charge in [0.15, 0.2) is 5.65 Å². The van der Waals surface area contributed by atoms with Crippen LogP contribution < -0.4 is 0 Å². The van der Waals surface area contributed by atoms with E-state index in [4.69, 9.17) is 5.11 Å². The lowest BCUT2D eigenvalue weighted by molar-refractivity contribution is -0.148. The summed E-state index contributed by atoms with van der Waals surface area (Å²) >= 11 is 0. The van der Waals surface area contributed by atoms with Crippen LogP contribution in [0.2, 0.25) is 0 Å². The van der Waals surface area contributed by atoms with Crippen LogP contribution in [0.1, 0.15) is 5.56 Å². The predicted molar refractivity (Wildman–Crippen MR) is 49.3 cm³/mol. The number of carbonyl (C=O) groups excluding carboxylic acids is 1. The third-order valence-corrected chi connectivity index (χ3v) is 1.90. The van der Waals surface area contributed by atoms with Crippen LogP contribution in [0.3, 0.4) is 0 Å². The number of ketones is 1. The molecule has 0 bridgehead atoms. The first kappa shape index (κ1) is 9.32. The number of hydrogen-bond acceptors (Lipinski definition) is 4. The summed E-state index contributed by atoms with van der Waals surface area (Å²) in [5, 5.41) is 12.4. The fourth-order valence-corrected chi connectivity index (χ4v) is 1.20. The summed E-state index contributed by atoms with van der Waals surface area (Å²) < 4.78 is 1.49. The van der Waals surface area contributed by atoms with E-state index < -0.39 is 11.8 Å². The molecule has 0 unspecified atom stereocenters. The third kappa shape index (κ3) is 1.83. The number of carboxylic acid groups (broad SMARTS) is 1. The van der Waals surface area contributed by atoms with Crippen molar-refractivity contribution in [2.45, 2.75) is 6.42 Å². The smallest absolute Gasteiger partial charge is 0.372 e. The van der Waals surface area contributed by atoms with E-state index in [0.717, 1.165) is 0 Å². The first-order chi connectivity index (χ1) is 7.16. The molecule has 76 valence electrons. The molecule has 0 saturated heterocycles. The van der Waals surface area contributed by atoms with E-state index in [1.54, 1.807) is 18.5 Å². The summed E-state index contributed by atoms with van der Waals surface area (Å²) in [5.74, 6) is -2.29. The zero-order chi connectivity index (χ0) is 10.8. The number of Topliss-reactive ketones (excluding diaryl/α,β-unsaturated/α-hetero) is 1. The Balaban J connectivity index is 2.28. The molecule has 0 radical (unpaired) electrons. The van der Waals surface area contributed by atoms with Gasteiger partial charge >= 0.3 is 5.97 Å². The highest BCUT2D eigenvalue weighted by atomic mass is 16.4. The van der Waals surface area contributed by atoms with Gasteiger partial charge in [-0.15, -0.1) is 0 Å². The maximum absolute atomic E-state index is 10.9. The highest BCUT2D eigenvalue weighted by Crippen LogP contribution is 2.02. The monoisotopic (exact) mass is 205 g/mol. The Labute approximate surface area is 84.2 Å². The summed E-state index contributed by atoms with van der Waals surface area (Å²) in [6.07, 6.45) is 4.46. The number of nitrogens with zero attached hydrogens (tertiary/aromatic N) is 3. The Morgan fingerprint density at radius 2 is 2.27 bits per heavy atom. The van der Waals surface area contributed by atoms with Gasteiger partial charge in [0.05, 0.1) is 6.20 Å². The normalized spacial score (nSPS) is 10.4. The Morgan fingerprint density at radius 3 is 3.00 bits per heavy atom. The summed E-state index contributed by atoms with van der Waals surface area (Å²) in [6.45, 7) is 0. The van der Waals surface area contributed by atoms with E-state index in [-0.39, 0.29) is 6.42 Å². The van der Waals surface area contributed by atoms with Crippen molar-refractivity contribution >= 4 is 17.4 Å². The minimum atomic E-state index is -1.43. The quantitative estimate of drug-likeness (QED) is 0.708. The summed E-state index contributed by atoms with van der Waals surface area (Å²) in [4.78, 5) is 25.3. The van der Waals surface area contributed by atoms with Crippen molar-refractivity contribution in [3.05, 3.63) is 30.2 Å². The first-order valence-electron chi connectivity index (χ1n) is 4.21. The molecular weight excluding hydrogens is 198 g/mol. The molecule has 0 spiro atoms. The molecule has 15 heavy (non-hydrogen) atoms. The second-order valence-corrected chi connectivity index (χ2v) is 3.00. The Hall–Kier alpha value is -2.24. The zero-order valence-corrected chi connectivity index (χ0v) is 7.62. The largest absolute Gasteiger partial charge is 0.475 e. The minimum Gasteiger partial charge on any atom is -0.475 e. The highest BCUT2D eigenvalue weighted by Gasteiger charge is 2.12. The van der Waals surface area contributed by atoms with Crippen LogP contribution in [0.5, 0.6) is 0 Å². The van der Waals surface area contributed by atoms with Crippen LogP contribution in [-0.4, -0.2) is 31.5 Å². The van der Waals surface area contributed by atoms with E-state index in [1.165, 1.54) is 10.7 Å². The van der Waals surface area contributed by atoms with Gasteiger partial charge in [-0.25, -0.2) is 14.3 Å². The van der Waals surface area contributed by atoms with Crippen molar-refractivity contribution in [1.82, 2.24) is 14.6 Å². The van der Waals surface area contributed by atoms with Crippen molar-refractivity contribution in [2.75, 3.05) is 0 Å². The van der Waals surface area contributed by atoms with Crippen molar-refractivity contribution in [3.8, 4) is 0 Å². The van der Waals surface area contributed by atoms with Crippen molar-refractivity contribution < 1.29 is 14.7 Å². The molecular formula is C9H7N3O3. The van der Waals surface area contributed by atoms with Gasteiger partial charge in [-0.3, -0.25) is 4.79 Å². The van der Waals surface area contributed by atoms with Crippen LogP contribution in [0, 0.1) is 0 Å². The van der Waals surface area contributed by atoms with Gasteiger partial charge in [-0.2, -0.15) is 5.10 Å². The number of carboxylic acids is 1. The van der Waals surface area contributed by atoms with Gasteiger partial charge in [-0.1, -0.05) is 0 Å². The summed E-state index contributed by atoms with van der Waals surface area (Å²) in [5.41, 5.74) is 1.18. The first-order valence-corrected chi connectivity index (χ1v) is 4.21. The molecule has 2 heterocycles. The zero-order valence-electron chi connectivity index (χ0n) is 7.62. The standard InChI is InChI=1S/C9H7N3O3/c13-7(9(14)15)3-6-4-10-8-1-2-11-12(8)5-6/h1-2,4-5H,3H2,(H,14,15). The number of fused-ring (bicyclic) bond motifs is 1. The van der Waals surface area contributed by atoms with Gasteiger partial charge in [0.2, 0.25) is 5.78 Å². The second-order valence-electron chi connectivity index (χ2n) is 3.00. The molecule has 0 saturated carbocycles. The Morgan fingerprint density at radius 1 is 1.47 bits per heavy atom. The SMILES string of the molecule is O=C(O)C(=O)Cc1cnc2ccnn2c1. The highest BCUT2D eigenvalue weighted by molar-refractivity contribution is 6.33. The number of hydrogen-bond donors (Lipinski definition) is 1. The fraction of sp³-hybridized carbons (Fsp3) is 0.111. The second kappa shape index (κ2) is 3.49.